The van der Waals surface area contributed by atoms with Crippen LogP contribution in [0.25, 0.3) is 0 Å². The maximum atomic E-state index is 11.9. The molecule has 0 spiro atoms. The molecule has 2 amide bonds. The Labute approximate surface area is 133 Å². The number of nitrogens with zero attached hydrogens (tertiary/aromatic N) is 2. The fraction of sp³-hybridized carbons (Fsp3) is 0.588. The molecule has 0 saturated carbocycles. The number of piperidine rings is 1. The number of nitrogens with one attached hydrogen (secondary N) is 2. The number of hydrogen-bond donors (Lipinski definition) is 2. The summed E-state index contributed by atoms with van der Waals surface area (Å²) < 4.78 is 0. The minimum absolute atomic E-state index is 0.0735. The maximum absolute atomic E-state index is 11.9. The van der Waals surface area contributed by atoms with Crippen LogP contribution >= 0.6 is 0 Å². The van der Waals surface area contributed by atoms with Crippen LogP contribution in [0.15, 0.2) is 24.3 Å². The first-order valence-corrected chi connectivity index (χ1v) is 8.01. The summed E-state index contributed by atoms with van der Waals surface area (Å²) in [4.78, 5) is 16.3. The lowest BCUT2D eigenvalue weighted by Crippen LogP contribution is -2.40. The highest BCUT2D eigenvalue weighted by molar-refractivity contribution is 5.73. The molecule has 22 heavy (non-hydrogen) atoms. The minimum Gasteiger partial charge on any atom is -0.378 e. The number of urea groups is 1. The van der Waals surface area contributed by atoms with Crippen molar-refractivity contribution in [1.82, 2.24) is 15.5 Å². The van der Waals surface area contributed by atoms with Gasteiger partial charge in [-0.25, -0.2) is 4.79 Å². The normalized spacial score (nSPS) is 16.3. The Kier molecular flexibility index (Phi) is 6.07. The summed E-state index contributed by atoms with van der Waals surface area (Å²) in [5.41, 5.74) is 2.27. The van der Waals surface area contributed by atoms with Crippen LogP contribution in [-0.4, -0.2) is 51.7 Å². The first kappa shape index (κ1) is 16.6. The van der Waals surface area contributed by atoms with Gasteiger partial charge in [-0.2, -0.15) is 0 Å². The molecule has 0 atom stereocenters. The average molecular weight is 304 g/mol. The molecule has 1 fully saturated rings. The van der Waals surface area contributed by atoms with E-state index in [2.05, 4.69) is 39.6 Å². The van der Waals surface area contributed by atoms with Crippen molar-refractivity contribution in [3.63, 3.8) is 0 Å². The molecule has 2 N–H and O–H groups in total. The fourth-order valence-electron chi connectivity index (χ4n) is 2.66. The van der Waals surface area contributed by atoms with Gasteiger partial charge in [-0.3, -0.25) is 0 Å². The van der Waals surface area contributed by atoms with Gasteiger partial charge in [-0.15, -0.1) is 0 Å². The summed E-state index contributed by atoms with van der Waals surface area (Å²) in [5, 5.41) is 5.91. The fourth-order valence-corrected chi connectivity index (χ4v) is 2.66. The second-order valence-corrected chi connectivity index (χ2v) is 6.37. The van der Waals surface area contributed by atoms with Crippen molar-refractivity contribution in [2.45, 2.75) is 19.4 Å². The van der Waals surface area contributed by atoms with Gasteiger partial charge in [0.05, 0.1) is 0 Å². The molecule has 1 heterocycles. The zero-order chi connectivity index (χ0) is 15.9. The van der Waals surface area contributed by atoms with Crippen molar-refractivity contribution in [1.29, 1.82) is 0 Å². The predicted octanol–water partition coefficient (Wildman–Crippen LogP) is 1.89. The summed E-state index contributed by atoms with van der Waals surface area (Å²) >= 11 is 0. The highest BCUT2D eigenvalue weighted by atomic mass is 16.2. The van der Waals surface area contributed by atoms with Gasteiger partial charge in [0.2, 0.25) is 0 Å². The van der Waals surface area contributed by atoms with E-state index in [0.29, 0.717) is 12.5 Å². The van der Waals surface area contributed by atoms with E-state index < -0.39 is 0 Å². The lowest BCUT2D eigenvalue weighted by molar-refractivity contribution is 0.210. The van der Waals surface area contributed by atoms with Crippen molar-refractivity contribution in [2.24, 2.45) is 5.92 Å². The Hall–Kier alpha value is -1.75. The van der Waals surface area contributed by atoms with Crippen molar-refractivity contribution >= 4 is 11.7 Å². The maximum Gasteiger partial charge on any atom is 0.315 e. The number of carbonyl (C=O) groups is 1. The first-order valence-electron chi connectivity index (χ1n) is 8.01. The molecule has 1 aliphatic rings. The van der Waals surface area contributed by atoms with Gasteiger partial charge in [0.25, 0.3) is 0 Å². The monoisotopic (exact) mass is 304 g/mol. The number of amides is 2. The number of hydrogen-bond acceptors (Lipinski definition) is 3. The third-order valence-corrected chi connectivity index (χ3v) is 4.30. The highest BCUT2D eigenvalue weighted by Crippen LogP contribution is 2.14. The summed E-state index contributed by atoms with van der Waals surface area (Å²) in [6.45, 7) is 3.60. The Morgan fingerprint density at radius 3 is 2.41 bits per heavy atom. The first-order chi connectivity index (χ1) is 10.5. The van der Waals surface area contributed by atoms with Crippen LogP contribution in [-0.2, 0) is 6.54 Å². The molecule has 5 nitrogen and oxygen atoms in total. The number of benzene rings is 1. The predicted molar refractivity (Wildman–Crippen MR) is 91.2 cm³/mol. The van der Waals surface area contributed by atoms with Gasteiger partial charge in [-0.1, -0.05) is 12.1 Å². The Morgan fingerprint density at radius 1 is 1.18 bits per heavy atom. The molecule has 122 valence electrons. The van der Waals surface area contributed by atoms with Gasteiger partial charge < -0.3 is 20.4 Å². The van der Waals surface area contributed by atoms with Crippen LogP contribution in [0.2, 0.25) is 0 Å². The molecule has 1 aromatic rings. The van der Waals surface area contributed by atoms with Gasteiger partial charge >= 0.3 is 6.03 Å². The molecule has 1 aliphatic heterocycles. The highest BCUT2D eigenvalue weighted by Gasteiger charge is 2.16. The number of rotatable bonds is 5. The molecule has 0 radical (unpaired) electrons. The molecule has 0 unspecified atom stereocenters. The van der Waals surface area contributed by atoms with E-state index in [1.165, 1.54) is 12.8 Å². The van der Waals surface area contributed by atoms with Gasteiger partial charge in [0.1, 0.15) is 0 Å². The molecule has 1 aromatic carbocycles. The van der Waals surface area contributed by atoms with E-state index in [9.17, 15) is 4.79 Å². The summed E-state index contributed by atoms with van der Waals surface area (Å²) in [6.07, 6.45) is 2.34. The molecule has 1 saturated heterocycles. The molecule has 5 heteroatoms. The van der Waals surface area contributed by atoms with Crippen LogP contribution in [0, 0.1) is 5.92 Å². The molecule has 0 aromatic heterocycles. The third-order valence-electron chi connectivity index (χ3n) is 4.30. The van der Waals surface area contributed by atoms with Crippen LogP contribution in [0.3, 0.4) is 0 Å². The van der Waals surface area contributed by atoms with E-state index in [0.717, 1.165) is 30.9 Å². The van der Waals surface area contributed by atoms with E-state index in [1.807, 2.05) is 26.2 Å². The summed E-state index contributed by atoms with van der Waals surface area (Å²) in [6, 6.07) is 8.15. The van der Waals surface area contributed by atoms with Gasteiger partial charge in [-0.05, 0) is 56.6 Å². The number of likely N-dealkylation sites (tertiary alicyclic amines) is 1. The van der Waals surface area contributed by atoms with Gasteiger partial charge in [0.15, 0.2) is 0 Å². The average Bonchev–Trinajstić information content (AvgIpc) is 2.52. The van der Waals surface area contributed by atoms with Crippen LogP contribution < -0.4 is 15.5 Å². The van der Waals surface area contributed by atoms with E-state index in [1.54, 1.807) is 0 Å². The molecule has 0 bridgehead atoms. The van der Waals surface area contributed by atoms with E-state index >= 15 is 0 Å². The zero-order valence-electron chi connectivity index (χ0n) is 13.9. The third kappa shape index (κ3) is 5.22. The van der Waals surface area contributed by atoms with Crippen LogP contribution in [0.5, 0.6) is 0 Å². The molecular formula is C17H28N4O. The lowest BCUT2D eigenvalue weighted by atomic mass is 9.97. The molecular weight excluding hydrogens is 276 g/mol. The quantitative estimate of drug-likeness (QED) is 0.873. The number of carbonyl (C=O) groups excluding carboxylic acids is 1. The SMILES string of the molecule is CN1CCC(CNC(=O)NCc2ccc(N(C)C)cc2)CC1. The zero-order valence-corrected chi connectivity index (χ0v) is 13.9. The second-order valence-electron chi connectivity index (χ2n) is 6.37. The Morgan fingerprint density at radius 2 is 1.82 bits per heavy atom. The van der Waals surface area contributed by atoms with Crippen LogP contribution in [0.4, 0.5) is 10.5 Å². The van der Waals surface area contributed by atoms with Gasteiger partial charge in [0, 0.05) is 32.9 Å². The molecule has 0 aliphatic carbocycles. The van der Waals surface area contributed by atoms with E-state index in [-0.39, 0.29) is 6.03 Å². The second kappa shape index (κ2) is 8.03. The number of anilines is 1. The molecule has 2 rings (SSSR count). The lowest BCUT2D eigenvalue weighted by Gasteiger charge is -2.28. The smallest absolute Gasteiger partial charge is 0.315 e. The van der Waals surface area contributed by atoms with Crippen LogP contribution in [0.1, 0.15) is 18.4 Å². The Balaban J connectivity index is 1.67. The summed E-state index contributed by atoms with van der Waals surface area (Å²) in [5.74, 6) is 0.612. The summed E-state index contributed by atoms with van der Waals surface area (Å²) in [7, 11) is 6.19. The van der Waals surface area contributed by atoms with Crippen molar-refractivity contribution < 1.29 is 4.79 Å². The topological polar surface area (TPSA) is 47.6 Å². The van der Waals surface area contributed by atoms with Crippen molar-refractivity contribution in [2.75, 3.05) is 45.7 Å². The van der Waals surface area contributed by atoms with E-state index in [4.69, 9.17) is 0 Å². The standard InChI is InChI=1S/C17H28N4O/c1-20(2)16-6-4-14(5-7-16)12-18-17(22)19-13-15-8-10-21(3)11-9-15/h4-7,15H,8-13H2,1-3H3,(H2,18,19,22). The van der Waals surface area contributed by atoms with Crippen molar-refractivity contribution in [3.05, 3.63) is 29.8 Å². The largest absolute Gasteiger partial charge is 0.378 e. The Bertz CT molecular complexity index is 464. The van der Waals surface area contributed by atoms with Crippen molar-refractivity contribution in [3.8, 4) is 0 Å². The minimum atomic E-state index is -0.0735.